The van der Waals surface area contributed by atoms with E-state index in [1.165, 1.54) is 0 Å². The molecule has 0 radical (unpaired) electrons. The number of hydrogen-bond acceptors (Lipinski definition) is 4. The molecule has 30 heavy (non-hydrogen) atoms. The number of carbonyl (C=O) groups is 1. The highest BCUT2D eigenvalue weighted by molar-refractivity contribution is 5.81. The number of ether oxygens (including phenoxy) is 2. The smallest absolute Gasteiger partial charge is 0.223 e. The zero-order valence-corrected chi connectivity index (χ0v) is 18.1. The van der Waals surface area contributed by atoms with Gasteiger partial charge in [-0.15, -0.1) is 0 Å². The Morgan fingerprint density at radius 3 is 2.47 bits per heavy atom. The number of amides is 1. The van der Waals surface area contributed by atoms with Gasteiger partial charge in [0.1, 0.15) is 12.4 Å². The predicted octanol–water partition coefficient (Wildman–Crippen LogP) is 4.24. The number of aromatic nitrogens is 2. The summed E-state index contributed by atoms with van der Waals surface area (Å²) in [6, 6.07) is 15.8. The molecular weight excluding hydrogens is 378 g/mol. The summed E-state index contributed by atoms with van der Waals surface area (Å²) in [4.78, 5) is 19.5. The van der Waals surface area contributed by atoms with Gasteiger partial charge in [-0.2, -0.15) is 0 Å². The minimum atomic E-state index is -0.185. The summed E-state index contributed by atoms with van der Waals surface area (Å²) in [6.07, 6.45) is 0.494. The molecule has 0 bridgehead atoms. The van der Waals surface area contributed by atoms with Crippen molar-refractivity contribution < 1.29 is 14.3 Å². The van der Waals surface area contributed by atoms with E-state index in [2.05, 4.69) is 31.4 Å². The number of imidazole rings is 1. The first-order chi connectivity index (χ1) is 14.4. The van der Waals surface area contributed by atoms with E-state index in [0.717, 1.165) is 28.4 Å². The van der Waals surface area contributed by atoms with E-state index < -0.39 is 0 Å². The third kappa shape index (κ3) is 3.86. The second kappa shape index (κ2) is 8.01. The minimum absolute atomic E-state index is 0.0791. The highest BCUT2D eigenvalue weighted by Crippen LogP contribution is 2.34. The molecule has 1 aliphatic heterocycles. The van der Waals surface area contributed by atoms with Crippen LogP contribution < -0.4 is 9.47 Å². The summed E-state index contributed by atoms with van der Waals surface area (Å²) in [5.74, 6) is 2.67. The molecule has 158 valence electrons. The number of fused-ring (bicyclic) bond motifs is 1. The highest BCUT2D eigenvalue weighted by atomic mass is 16.5. The Bertz CT molecular complexity index is 1050. The molecule has 1 atom stereocenters. The minimum Gasteiger partial charge on any atom is -0.493 e. The summed E-state index contributed by atoms with van der Waals surface area (Å²) < 4.78 is 13.6. The lowest BCUT2D eigenvalue weighted by atomic mass is 10.1. The quantitative estimate of drug-likeness (QED) is 0.613. The molecule has 3 aromatic rings. The van der Waals surface area contributed by atoms with E-state index in [0.29, 0.717) is 26.1 Å². The van der Waals surface area contributed by atoms with Crippen molar-refractivity contribution in [2.75, 3.05) is 20.3 Å². The van der Waals surface area contributed by atoms with Crippen LogP contribution in [-0.2, 0) is 11.3 Å². The molecule has 1 aliphatic rings. The van der Waals surface area contributed by atoms with Gasteiger partial charge in [0.15, 0.2) is 11.5 Å². The van der Waals surface area contributed by atoms with Crippen molar-refractivity contribution >= 4 is 16.9 Å². The average molecular weight is 408 g/mol. The van der Waals surface area contributed by atoms with Crippen molar-refractivity contribution in [3.05, 3.63) is 54.4 Å². The first-order valence-electron chi connectivity index (χ1n) is 10.4. The molecule has 1 saturated heterocycles. The van der Waals surface area contributed by atoms with Crippen molar-refractivity contribution in [3.63, 3.8) is 0 Å². The largest absolute Gasteiger partial charge is 0.493 e. The molecule has 0 aliphatic carbocycles. The van der Waals surface area contributed by atoms with E-state index >= 15 is 0 Å². The molecule has 6 nitrogen and oxygen atoms in total. The van der Waals surface area contributed by atoms with Crippen molar-refractivity contribution in [2.24, 2.45) is 0 Å². The standard InChI is InChI=1S/C24H29N3O3/c1-24(2,3)27-16-17(15-22(27)28)23-25-18-9-5-6-10-19(18)26(23)13-14-30-21-12-8-7-11-20(21)29-4/h5-12,17H,13-16H2,1-4H3. The van der Waals surface area contributed by atoms with Crippen LogP contribution >= 0.6 is 0 Å². The summed E-state index contributed by atoms with van der Waals surface area (Å²) >= 11 is 0. The fourth-order valence-electron chi connectivity index (χ4n) is 4.15. The van der Waals surface area contributed by atoms with Crippen molar-refractivity contribution in [2.45, 2.75) is 45.2 Å². The number of methoxy groups -OCH3 is 1. The van der Waals surface area contributed by atoms with Gasteiger partial charge in [-0.05, 0) is 45.0 Å². The molecule has 1 fully saturated rings. The molecule has 6 heteroatoms. The van der Waals surface area contributed by atoms with Crippen LogP contribution in [0.2, 0.25) is 0 Å². The maximum atomic E-state index is 12.7. The Kier molecular flexibility index (Phi) is 5.41. The van der Waals surface area contributed by atoms with E-state index in [1.807, 2.05) is 47.4 Å². The van der Waals surface area contributed by atoms with Gasteiger partial charge in [0.25, 0.3) is 0 Å². The monoisotopic (exact) mass is 407 g/mol. The Balaban J connectivity index is 1.59. The number of rotatable bonds is 6. The Hall–Kier alpha value is -3.02. The van der Waals surface area contributed by atoms with Crippen LogP contribution in [0.3, 0.4) is 0 Å². The lowest BCUT2D eigenvalue weighted by molar-refractivity contribution is -0.131. The van der Waals surface area contributed by atoms with Gasteiger partial charge in [-0.25, -0.2) is 4.98 Å². The zero-order valence-electron chi connectivity index (χ0n) is 18.1. The van der Waals surface area contributed by atoms with Gasteiger partial charge < -0.3 is 18.9 Å². The van der Waals surface area contributed by atoms with Crippen LogP contribution in [-0.4, -0.2) is 46.2 Å². The summed E-state index contributed by atoms with van der Waals surface area (Å²) in [5.41, 5.74) is 1.83. The third-order valence-electron chi connectivity index (χ3n) is 5.63. The first-order valence-corrected chi connectivity index (χ1v) is 10.4. The normalized spacial score (nSPS) is 17.0. The second-order valence-corrected chi connectivity index (χ2v) is 8.69. The van der Waals surface area contributed by atoms with E-state index in [4.69, 9.17) is 14.5 Å². The number of nitrogens with zero attached hydrogens (tertiary/aromatic N) is 3. The van der Waals surface area contributed by atoms with Gasteiger partial charge in [0.05, 0.1) is 24.7 Å². The van der Waals surface area contributed by atoms with Crippen molar-refractivity contribution in [1.82, 2.24) is 14.5 Å². The lowest BCUT2D eigenvalue weighted by Crippen LogP contribution is -2.42. The number of hydrogen-bond donors (Lipinski definition) is 0. The first kappa shape index (κ1) is 20.3. The van der Waals surface area contributed by atoms with Crippen LogP contribution in [0.15, 0.2) is 48.5 Å². The van der Waals surface area contributed by atoms with Crippen LogP contribution in [0.1, 0.15) is 38.9 Å². The van der Waals surface area contributed by atoms with Crippen LogP contribution in [0.4, 0.5) is 0 Å². The molecule has 1 amide bonds. The van der Waals surface area contributed by atoms with Crippen LogP contribution in [0.25, 0.3) is 11.0 Å². The molecule has 1 unspecified atom stereocenters. The molecule has 0 spiro atoms. The lowest BCUT2D eigenvalue weighted by Gasteiger charge is -2.32. The van der Waals surface area contributed by atoms with Crippen LogP contribution in [0.5, 0.6) is 11.5 Å². The molecule has 2 heterocycles. The van der Waals surface area contributed by atoms with Gasteiger partial charge in [-0.3, -0.25) is 4.79 Å². The highest BCUT2D eigenvalue weighted by Gasteiger charge is 2.38. The van der Waals surface area contributed by atoms with Crippen molar-refractivity contribution in [3.8, 4) is 11.5 Å². The number of likely N-dealkylation sites (tertiary alicyclic amines) is 1. The fraction of sp³-hybridized carbons (Fsp3) is 0.417. The predicted molar refractivity (Wildman–Crippen MR) is 117 cm³/mol. The van der Waals surface area contributed by atoms with E-state index in [-0.39, 0.29) is 17.4 Å². The number of benzene rings is 2. The average Bonchev–Trinajstić information content (AvgIpc) is 3.29. The molecule has 0 N–H and O–H groups in total. The van der Waals surface area contributed by atoms with Gasteiger partial charge in [-0.1, -0.05) is 24.3 Å². The van der Waals surface area contributed by atoms with Crippen LogP contribution in [0, 0.1) is 0 Å². The van der Waals surface area contributed by atoms with Crippen molar-refractivity contribution in [1.29, 1.82) is 0 Å². The van der Waals surface area contributed by atoms with Gasteiger partial charge in [0, 0.05) is 24.4 Å². The molecule has 4 rings (SSSR count). The Morgan fingerprint density at radius 2 is 1.77 bits per heavy atom. The SMILES string of the molecule is COc1ccccc1OCCn1c(C2CC(=O)N(C(C)(C)C)C2)nc2ccccc21. The maximum Gasteiger partial charge on any atom is 0.223 e. The maximum absolute atomic E-state index is 12.7. The summed E-state index contributed by atoms with van der Waals surface area (Å²) in [6.45, 7) is 8.07. The fourth-order valence-corrected chi connectivity index (χ4v) is 4.15. The molecular formula is C24H29N3O3. The molecule has 1 aromatic heterocycles. The van der Waals surface area contributed by atoms with E-state index in [9.17, 15) is 4.79 Å². The number of para-hydroxylation sites is 4. The topological polar surface area (TPSA) is 56.6 Å². The van der Waals surface area contributed by atoms with E-state index in [1.54, 1.807) is 7.11 Å². The van der Waals surface area contributed by atoms with Gasteiger partial charge >= 0.3 is 0 Å². The Morgan fingerprint density at radius 1 is 1.07 bits per heavy atom. The number of carbonyl (C=O) groups excluding carboxylic acids is 1. The molecule has 2 aromatic carbocycles. The Labute approximate surface area is 177 Å². The second-order valence-electron chi connectivity index (χ2n) is 8.69. The molecule has 0 saturated carbocycles. The third-order valence-corrected chi connectivity index (χ3v) is 5.63. The summed E-state index contributed by atoms with van der Waals surface area (Å²) in [5, 5.41) is 0. The zero-order chi connectivity index (χ0) is 21.3. The van der Waals surface area contributed by atoms with Gasteiger partial charge in [0.2, 0.25) is 5.91 Å². The summed E-state index contributed by atoms with van der Waals surface area (Å²) in [7, 11) is 1.64.